The number of hydrogen-bond acceptors (Lipinski definition) is 5. The lowest BCUT2D eigenvalue weighted by Crippen LogP contribution is -2.49. The van der Waals surface area contributed by atoms with Crippen LogP contribution in [0.2, 0.25) is 0 Å². The fourth-order valence-electron chi connectivity index (χ4n) is 3.46. The number of nitrogens with zero attached hydrogens (tertiary/aromatic N) is 3. The van der Waals surface area contributed by atoms with Crippen molar-refractivity contribution in [3.05, 3.63) is 66.5 Å². The molecule has 2 aromatic rings. The predicted octanol–water partition coefficient (Wildman–Crippen LogP) is 4.18. The second-order valence-electron chi connectivity index (χ2n) is 6.84. The van der Waals surface area contributed by atoms with Crippen LogP contribution in [-0.2, 0) is 0 Å². The highest BCUT2D eigenvalue weighted by atomic mass is 16.5. The van der Waals surface area contributed by atoms with Gasteiger partial charge in [0, 0.05) is 44.2 Å². The molecule has 5 heteroatoms. The monoisotopic (exact) mass is 350 g/mol. The van der Waals surface area contributed by atoms with Crippen molar-refractivity contribution in [2.45, 2.75) is 20.0 Å². The summed E-state index contributed by atoms with van der Waals surface area (Å²) in [4.78, 5) is 8.50. The Balaban J connectivity index is 1.83. The Bertz CT molecular complexity index is 846. The molecule has 2 unspecified atom stereocenters. The Morgan fingerprint density at radius 2 is 1.96 bits per heavy atom. The molecular formula is C21H26N4O. The van der Waals surface area contributed by atoms with Gasteiger partial charge in [0.05, 0.1) is 0 Å². The van der Waals surface area contributed by atoms with Gasteiger partial charge < -0.3 is 20.3 Å². The van der Waals surface area contributed by atoms with Crippen molar-refractivity contribution in [1.29, 1.82) is 0 Å². The summed E-state index contributed by atoms with van der Waals surface area (Å²) in [5, 5.41) is 0. The standard InChI is InChI=1S/C21H26N4O/c1-14-9-11-24(4)21(16(14)3)25(5)19-7-6-17(12-15(19)2)26-18-8-10-23-20(22)13-18/h6-13,16,21H,1H2,2-5H3,(H2,22,23). The zero-order valence-corrected chi connectivity index (χ0v) is 15.8. The number of aromatic nitrogens is 1. The van der Waals surface area contributed by atoms with Crippen molar-refractivity contribution < 1.29 is 4.74 Å². The van der Waals surface area contributed by atoms with E-state index < -0.39 is 0 Å². The molecule has 0 fully saturated rings. The molecule has 2 heterocycles. The minimum absolute atomic E-state index is 0.220. The van der Waals surface area contributed by atoms with E-state index in [1.807, 2.05) is 12.1 Å². The van der Waals surface area contributed by atoms with E-state index in [1.165, 1.54) is 5.69 Å². The molecule has 3 rings (SSSR count). The summed E-state index contributed by atoms with van der Waals surface area (Å²) < 4.78 is 5.91. The summed E-state index contributed by atoms with van der Waals surface area (Å²) in [6.07, 6.45) is 6.03. The highest BCUT2D eigenvalue weighted by Gasteiger charge is 2.29. The zero-order valence-electron chi connectivity index (χ0n) is 15.8. The number of nitrogen functional groups attached to an aromatic ring is 1. The number of nitrogens with two attached hydrogens (primary N) is 1. The number of aryl methyl sites for hydroxylation is 1. The molecule has 0 radical (unpaired) electrons. The van der Waals surface area contributed by atoms with Crippen LogP contribution in [-0.4, -0.2) is 30.1 Å². The quantitative estimate of drug-likeness (QED) is 0.896. The Hall–Kier alpha value is -2.95. The summed E-state index contributed by atoms with van der Waals surface area (Å²) in [5.74, 6) is 2.24. The number of benzene rings is 1. The minimum atomic E-state index is 0.220. The van der Waals surface area contributed by atoms with Gasteiger partial charge in [-0.2, -0.15) is 0 Å². The van der Waals surface area contributed by atoms with E-state index in [0.717, 1.165) is 16.9 Å². The van der Waals surface area contributed by atoms with E-state index in [-0.39, 0.29) is 6.17 Å². The maximum absolute atomic E-state index is 5.91. The van der Waals surface area contributed by atoms with Crippen LogP contribution in [0.3, 0.4) is 0 Å². The van der Waals surface area contributed by atoms with Crippen molar-refractivity contribution in [1.82, 2.24) is 9.88 Å². The minimum Gasteiger partial charge on any atom is -0.457 e. The molecule has 0 spiro atoms. The topological polar surface area (TPSA) is 54.6 Å². The SMILES string of the molecule is C=C1C=CN(C)C(N(C)c2ccc(Oc3ccnc(N)c3)cc2C)C1C. The fourth-order valence-corrected chi connectivity index (χ4v) is 3.46. The second kappa shape index (κ2) is 7.12. The maximum atomic E-state index is 5.91. The third kappa shape index (κ3) is 3.52. The van der Waals surface area contributed by atoms with Gasteiger partial charge in [0.1, 0.15) is 23.5 Å². The first kappa shape index (κ1) is 17.9. The zero-order chi connectivity index (χ0) is 18.8. The largest absolute Gasteiger partial charge is 0.457 e. The molecule has 0 saturated heterocycles. The summed E-state index contributed by atoms with van der Waals surface area (Å²) in [6, 6.07) is 9.62. The highest BCUT2D eigenvalue weighted by molar-refractivity contribution is 5.57. The van der Waals surface area contributed by atoms with E-state index in [9.17, 15) is 0 Å². The molecule has 1 aromatic heterocycles. The molecule has 2 N–H and O–H groups in total. The Labute approximate surface area is 155 Å². The molecule has 0 bridgehead atoms. The van der Waals surface area contributed by atoms with Crippen LogP contribution in [0.15, 0.2) is 61.0 Å². The van der Waals surface area contributed by atoms with Crippen LogP contribution < -0.4 is 15.4 Å². The number of hydrogen-bond donors (Lipinski definition) is 1. The normalized spacial score (nSPS) is 19.5. The van der Waals surface area contributed by atoms with Gasteiger partial charge in [0.25, 0.3) is 0 Å². The average Bonchev–Trinajstić information content (AvgIpc) is 2.58. The first-order valence-corrected chi connectivity index (χ1v) is 8.68. The Kier molecular flexibility index (Phi) is 4.89. The molecule has 0 saturated carbocycles. The lowest BCUT2D eigenvalue weighted by Gasteiger charge is -2.43. The lowest BCUT2D eigenvalue weighted by atomic mass is 9.94. The van der Waals surface area contributed by atoms with Crippen LogP contribution in [0, 0.1) is 12.8 Å². The summed E-state index contributed by atoms with van der Waals surface area (Å²) >= 11 is 0. The van der Waals surface area contributed by atoms with Crippen LogP contribution in [0.1, 0.15) is 12.5 Å². The first-order chi connectivity index (χ1) is 12.4. The van der Waals surface area contributed by atoms with Gasteiger partial charge >= 0.3 is 0 Å². The average molecular weight is 350 g/mol. The van der Waals surface area contributed by atoms with E-state index in [0.29, 0.717) is 17.5 Å². The third-order valence-corrected chi connectivity index (χ3v) is 4.91. The second-order valence-corrected chi connectivity index (χ2v) is 6.84. The number of ether oxygens (including phenoxy) is 1. The summed E-state index contributed by atoms with van der Waals surface area (Å²) in [5.41, 5.74) is 9.17. The molecule has 136 valence electrons. The van der Waals surface area contributed by atoms with Crippen molar-refractivity contribution in [2.24, 2.45) is 5.92 Å². The number of pyridine rings is 1. The number of rotatable bonds is 4. The highest BCUT2D eigenvalue weighted by Crippen LogP contribution is 2.33. The van der Waals surface area contributed by atoms with Gasteiger partial charge in [-0.1, -0.05) is 13.5 Å². The number of anilines is 2. The van der Waals surface area contributed by atoms with E-state index >= 15 is 0 Å². The van der Waals surface area contributed by atoms with Gasteiger partial charge in [-0.05, 0) is 48.4 Å². The smallest absolute Gasteiger partial charge is 0.132 e. The molecule has 1 aliphatic rings. The van der Waals surface area contributed by atoms with Crippen LogP contribution in [0.5, 0.6) is 11.5 Å². The Morgan fingerprint density at radius 3 is 2.65 bits per heavy atom. The Morgan fingerprint density at radius 1 is 1.23 bits per heavy atom. The van der Waals surface area contributed by atoms with Gasteiger partial charge in [-0.3, -0.25) is 0 Å². The van der Waals surface area contributed by atoms with Crippen molar-refractivity contribution in [3.63, 3.8) is 0 Å². The molecule has 1 aliphatic heterocycles. The molecule has 26 heavy (non-hydrogen) atoms. The van der Waals surface area contributed by atoms with Gasteiger partial charge in [-0.25, -0.2) is 4.98 Å². The number of allylic oxidation sites excluding steroid dienone is 1. The maximum Gasteiger partial charge on any atom is 0.132 e. The van der Waals surface area contributed by atoms with Gasteiger partial charge in [0.2, 0.25) is 0 Å². The summed E-state index contributed by atoms with van der Waals surface area (Å²) in [6.45, 7) is 8.48. The van der Waals surface area contributed by atoms with E-state index in [2.05, 4.69) is 67.6 Å². The van der Waals surface area contributed by atoms with Crippen molar-refractivity contribution in [2.75, 3.05) is 24.7 Å². The lowest BCUT2D eigenvalue weighted by molar-refractivity contribution is 0.257. The molecule has 1 aromatic carbocycles. The predicted molar refractivity (Wildman–Crippen MR) is 107 cm³/mol. The van der Waals surface area contributed by atoms with Crippen molar-refractivity contribution >= 4 is 11.5 Å². The van der Waals surface area contributed by atoms with Gasteiger partial charge in [-0.15, -0.1) is 0 Å². The molecule has 5 nitrogen and oxygen atoms in total. The molecule has 0 amide bonds. The van der Waals surface area contributed by atoms with Crippen LogP contribution >= 0.6 is 0 Å². The van der Waals surface area contributed by atoms with Gasteiger partial charge in [0.15, 0.2) is 0 Å². The third-order valence-electron chi connectivity index (χ3n) is 4.91. The molecule has 0 aliphatic carbocycles. The van der Waals surface area contributed by atoms with E-state index in [1.54, 1.807) is 18.3 Å². The fraction of sp³-hybridized carbons (Fsp3) is 0.286. The molecule has 2 atom stereocenters. The molecular weight excluding hydrogens is 324 g/mol. The van der Waals surface area contributed by atoms with E-state index in [4.69, 9.17) is 10.5 Å². The first-order valence-electron chi connectivity index (χ1n) is 8.68. The van der Waals surface area contributed by atoms with Crippen molar-refractivity contribution in [3.8, 4) is 11.5 Å². The summed E-state index contributed by atoms with van der Waals surface area (Å²) in [7, 11) is 4.22. The van der Waals surface area contributed by atoms with Crippen LogP contribution in [0.25, 0.3) is 0 Å². The van der Waals surface area contributed by atoms with Crippen LogP contribution in [0.4, 0.5) is 11.5 Å².